The molecule has 1 aromatic carbocycles. The first-order valence-corrected chi connectivity index (χ1v) is 6.08. The molecule has 2 aromatic rings. The normalized spacial score (nSPS) is 10.7. The zero-order chi connectivity index (χ0) is 11.5. The summed E-state index contributed by atoms with van der Waals surface area (Å²) in [6.45, 7) is 4.73. The Labute approximate surface area is 99.3 Å². The minimum atomic E-state index is 0.477. The van der Waals surface area contributed by atoms with Crippen LogP contribution >= 0.6 is 11.3 Å². The number of aromatic nitrogens is 2. The Bertz CT molecular complexity index is 491. The van der Waals surface area contributed by atoms with E-state index in [1.54, 1.807) is 11.3 Å². The first-order valence-electron chi connectivity index (χ1n) is 5.26. The maximum Gasteiger partial charge on any atom is 0.131 e. The van der Waals surface area contributed by atoms with Gasteiger partial charge in [0.2, 0.25) is 0 Å². The molecule has 0 aliphatic heterocycles. The molecule has 16 heavy (non-hydrogen) atoms. The van der Waals surface area contributed by atoms with Crippen molar-refractivity contribution < 1.29 is 0 Å². The van der Waals surface area contributed by atoms with Gasteiger partial charge in [-0.1, -0.05) is 29.5 Å². The van der Waals surface area contributed by atoms with Gasteiger partial charge in [0.25, 0.3) is 0 Å². The summed E-state index contributed by atoms with van der Waals surface area (Å²) >= 11 is 1.59. The van der Waals surface area contributed by atoms with E-state index < -0.39 is 0 Å². The smallest absolute Gasteiger partial charge is 0.131 e. The van der Waals surface area contributed by atoms with E-state index in [0.29, 0.717) is 6.54 Å². The van der Waals surface area contributed by atoms with E-state index in [9.17, 15) is 0 Å². The summed E-state index contributed by atoms with van der Waals surface area (Å²) in [7, 11) is 0. The van der Waals surface area contributed by atoms with E-state index in [2.05, 4.69) is 42.2 Å². The van der Waals surface area contributed by atoms with E-state index in [4.69, 9.17) is 5.73 Å². The van der Waals surface area contributed by atoms with Gasteiger partial charge in [0.15, 0.2) is 0 Å². The van der Waals surface area contributed by atoms with Crippen molar-refractivity contribution in [1.29, 1.82) is 0 Å². The van der Waals surface area contributed by atoms with Crippen LogP contribution in [0, 0.1) is 13.8 Å². The Morgan fingerprint density at radius 1 is 1.12 bits per heavy atom. The molecule has 0 bridgehead atoms. The molecule has 2 N–H and O–H groups in total. The maximum absolute atomic E-state index is 5.51. The van der Waals surface area contributed by atoms with Gasteiger partial charge in [-0.25, -0.2) is 0 Å². The zero-order valence-corrected chi connectivity index (χ0v) is 10.3. The average Bonchev–Trinajstić information content (AvgIpc) is 2.71. The van der Waals surface area contributed by atoms with Crippen molar-refractivity contribution in [2.75, 3.05) is 0 Å². The lowest BCUT2D eigenvalue weighted by Crippen LogP contribution is -1.94. The summed E-state index contributed by atoms with van der Waals surface area (Å²) in [6.07, 6.45) is 0.846. The number of hydrogen-bond acceptors (Lipinski definition) is 4. The van der Waals surface area contributed by atoms with E-state index in [-0.39, 0.29) is 0 Å². The molecule has 0 saturated carbocycles. The second-order valence-electron chi connectivity index (χ2n) is 3.89. The van der Waals surface area contributed by atoms with E-state index >= 15 is 0 Å². The van der Waals surface area contributed by atoms with Gasteiger partial charge in [-0.15, -0.1) is 10.2 Å². The summed E-state index contributed by atoms with van der Waals surface area (Å²) in [5.74, 6) is 0. The monoisotopic (exact) mass is 233 g/mol. The Hall–Kier alpha value is -1.26. The van der Waals surface area contributed by atoms with Crippen molar-refractivity contribution >= 4 is 11.3 Å². The predicted molar refractivity (Wildman–Crippen MR) is 66.5 cm³/mol. The number of nitrogens with zero attached hydrogens (tertiary/aromatic N) is 2. The molecule has 2 rings (SSSR count). The highest BCUT2D eigenvalue weighted by Gasteiger charge is 2.04. The first kappa shape index (κ1) is 11.2. The van der Waals surface area contributed by atoms with Crippen LogP contribution in [0.3, 0.4) is 0 Å². The second-order valence-corrected chi connectivity index (χ2v) is 5.04. The van der Waals surface area contributed by atoms with Gasteiger partial charge in [0, 0.05) is 13.0 Å². The molecular weight excluding hydrogens is 218 g/mol. The quantitative estimate of drug-likeness (QED) is 0.884. The highest BCUT2D eigenvalue weighted by atomic mass is 32.1. The Morgan fingerprint density at radius 3 is 2.50 bits per heavy atom. The molecule has 1 heterocycles. The highest BCUT2D eigenvalue weighted by Crippen LogP contribution is 2.16. The molecule has 0 atom stereocenters. The molecule has 84 valence electrons. The lowest BCUT2D eigenvalue weighted by molar-refractivity contribution is 0.929. The van der Waals surface area contributed by atoms with Crippen molar-refractivity contribution in [3.05, 3.63) is 44.9 Å². The molecule has 1 aromatic heterocycles. The molecule has 4 heteroatoms. The lowest BCUT2D eigenvalue weighted by Gasteiger charge is -2.02. The van der Waals surface area contributed by atoms with Crippen LogP contribution in [0.5, 0.6) is 0 Å². The van der Waals surface area contributed by atoms with Gasteiger partial charge in [-0.2, -0.15) is 0 Å². The predicted octanol–water partition coefficient (Wildman–Crippen LogP) is 2.20. The molecule has 0 aliphatic rings. The van der Waals surface area contributed by atoms with Crippen molar-refractivity contribution in [2.24, 2.45) is 5.73 Å². The third-order valence-electron chi connectivity index (χ3n) is 2.61. The third-order valence-corrected chi connectivity index (χ3v) is 3.56. The molecule has 3 nitrogen and oxygen atoms in total. The molecular formula is C12H15N3S. The van der Waals surface area contributed by atoms with Gasteiger partial charge in [0.05, 0.1) is 0 Å². The van der Waals surface area contributed by atoms with Crippen LogP contribution in [-0.2, 0) is 13.0 Å². The highest BCUT2D eigenvalue weighted by molar-refractivity contribution is 7.11. The van der Waals surface area contributed by atoms with E-state index in [1.807, 2.05) is 0 Å². The van der Waals surface area contributed by atoms with Crippen LogP contribution in [0.15, 0.2) is 18.2 Å². The summed E-state index contributed by atoms with van der Waals surface area (Å²) < 4.78 is 0. The third kappa shape index (κ3) is 2.46. The van der Waals surface area contributed by atoms with Crippen LogP contribution in [0.4, 0.5) is 0 Å². The number of rotatable bonds is 3. The van der Waals surface area contributed by atoms with Crippen LogP contribution in [0.2, 0.25) is 0 Å². The van der Waals surface area contributed by atoms with Gasteiger partial charge in [-0.05, 0) is 30.5 Å². The molecule has 0 unspecified atom stereocenters. The zero-order valence-electron chi connectivity index (χ0n) is 9.53. The molecule has 0 amide bonds. The Morgan fingerprint density at radius 2 is 1.88 bits per heavy atom. The van der Waals surface area contributed by atoms with Crippen molar-refractivity contribution in [3.63, 3.8) is 0 Å². The molecule has 0 aliphatic carbocycles. The van der Waals surface area contributed by atoms with E-state index in [1.165, 1.54) is 16.7 Å². The maximum atomic E-state index is 5.51. The fraction of sp³-hybridized carbons (Fsp3) is 0.333. The van der Waals surface area contributed by atoms with Gasteiger partial charge >= 0.3 is 0 Å². The van der Waals surface area contributed by atoms with E-state index in [0.717, 1.165) is 16.4 Å². The van der Waals surface area contributed by atoms with Crippen LogP contribution in [-0.4, -0.2) is 10.2 Å². The van der Waals surface area contributed by atoms with Crippen LogP contribution < -0.4 is 5.73 Å². The second kappa shape index (κ2) is 4.72. The van der Waals surface area contributed by atoms with Crippen LogP contribution in [0.25, 0.3) is 0 Å². The van der Waals surface area contributed by atoms with Crippen molar-refractivity contribution in [1.82, 2.24) is 10.2 Å². The number of aryl methyl sites for hydroxylation is 2. The molecule has 0 saturated heterocycles. The molecule has 0 radical (unpaired) electrons. The Balaban J connectivity index is 2.17. The standard InChI is InChI=1S/C12H15N3S/c1-8-3-4-10(5-9(8)2)6-11-14-15-12(7-13)16-11/h3-5H,6-7,13H2,1-2H3. The number of nitrogens with two attached hydrogens (primary N) is 1. The first-order chi connectivity index (χ1) is 7.69. The SMILES string of the molecule is Cc1ccc(Cc2nnc(CN)s2)cc1C. The minimum absolute atomic E-state index is 0.477. The summed E-state index contributed by atoms with van der Waals surface area (Å²) in [5.41, 5.74) is 9.43. The Kier molecular flexibility index (Phi) is 3.31. The average molecular weight is 233 g/mol. The van der Waals surface area contributed by atoms with Crippen LogP contribution in [0.1, 0.15) is 26.7 Å². The van der Waals surface area contributed by atoms with Gasteiger partial charge < -0.3 is 5.73 Å². The van der Waals surface area contributed by atoms with Gasteiger partial charge in [-0.3, -0.25) is 0 Å². The minimum Gasteiger partial charge on any atom is -0.324 e. The number of benzene rings is 1. The van der Waals surface area contributed by atoms with Crippen molar-refractivity contribution in [2.45, 2.75) is 26.8 Å². The lowest BCUT2D eigenvalue weighted by atomic mass is 10.0. The summed E-state index contributed by atoms with van der Waals surface area (Å²) in [4.78, 5) is 0. The summed E-state index contributed by atoms with van der Waals surface area (Å²) in [5, 5.41) is 10.1. The van der Waals surface area contributed by atoms with Crippen molar-refractivity contribution in [3.8, 4) is 0 Å². The largest absolute Gasteiger partial charge is 0.324 e. The topological polar surface area (TPSA) is 51.8 Å². The summed E-state index contributed by atoms with van der Waals surface area (Å²) in [6, 6.07) is 6.50. The molecule has 0 fully saturated rings. The number of hydrogen-bond donors (Lipinski definition) is 1. The fourth-order valence-electron chi connectivity index (χ4n) is 1.53. The fourth-order valence-corrected chi connectivity index (χ4v) is 2.29. The van der Waals surface area contributed by atoms with Gasteiger partial charge in [0.1, 0.15) is 10.0 Å². The molecule has 0 spiro atoms.